The van der Waals surface area contributed by atoms with Crippen molar-refractivity contribution in [3.8, 4) is 0 Å². The highest BCUT2D eigenvalue weighted by atomic mass is 15.1. The van der Waals surface area contributed by atoms with Gasteiger partial charge < -0.3 is 10.2 Å². The van der Waals surface area contributed by atoms with Crippen molar-refractivity contribution in [3.05, 3.63) is 0 Å². The molecule has 2 atom stereocenters. The van der Waals surface area contributed by atoms with Crippen molar-refractivity contribution in [2.75, 3.05) is 26.7 Å². The van der Waals surface area contributed by atoms with Crippen LogP contribution in [0, 0.1) is 5.92 Å². The van der Waals surface area contributed by atoms with Crippen LogP contribution in [0.25, 0.3) is 0 Å². The summed E-state index contributed by atoms with van der Waals surface area (Å²) in [6, 6.07) is 0.757. The van der Waals surface area contributed by atoms with Gasteiger partial charge in [0, 0.05) is 12.6 Å². The lowest BCUT2D eigenvalue weighted by Gasteiger charge is -2.31. The van der Waals surface area contributed by atoms with Crippen molar-refractivity contribution < 1.29 is 0 Å². The van der Waals surface area contributed by atoms with Crippen LogP contribution < -0.4 is 5.32 Å². The summed E-state index contributed by atoms with van der Waals surface area (Å²) in [5.41, 5.74) is 0. The van der Waals surface area contributed by atoms with Gasteiger partial charge in [0.05, 0.1) is 0 Å². The number of likely N-dealkylation sites (tertiary alicyclic amines) is 1. The molecule has 1 saturated heterocycles. The first-order valence-corrected chi connectivity index (χ1v) is 7.18. The Hall–Kier alpha value is -0.0800. The molecule has 0 aliphatic carbocycles. The van der Waals surface area contributed by atoms with Crippen molar-refractivity contribution in [1.29, 1.82) is 0 Å². The molecule has 0 bridgehead atoms. The van der Waals surface area contributed by atoms with E-state index in [4.69, 9.17) is 0 Å². The first kappa shape index (κ1) is 14.0. The Morgan fingerprint density at radius 2 is 2.19 bits per heavy atom. The van der Waals surface area contributed by atoms with E-state index in [1.54, 1.807) is 0 Å². The van der Waals surface area contributed by atoms with Gasteiger partial charge in [-0.3, -0.25) is 0 Å². The highest BCUT2D eigenvalue weighted by molar-refractivity contribution is 4.74. The van der Waals surface area contributed by atoms with E-state index < -0.39 is 0 Å². The van der Waals surface area contributed by atoms with Gasteiger partial charge in [0.1, 0.15) is 0 Å². The lowest BCUT2D eigenvalue weighted by Crippen LogP contribution is -2.40. The van der Waals surface area contributed by atoms with Crippen LogP contribution in [0.1, 0.15) is 52.4 Å². The van der Waals surface area contributed by atoms with Crippen LogP contribution in [0.15, 0.2) is 0 Å². The Bertz CT molecular complexity index is 170. The zero-order valence-electron chi connectivity index (χ0n) is 11.5. The summed E-state index contributed by atoms with van der Waals surface area (Å²) in [6.45, 7) is 8.40. The normalized spacial score (nSPS) is 24.6. The summed E-state index contributed by atoms with van der Waals surface area (Å²) in [6.07, 6.45) is 8.13. The minimum absolute atomic E-state index is 0.757. The maximum Gasteiger partial charge on any atom is 0.00645 e. The van der Waals surface area contributed by atoms with Crippen LogP contribution in [-0.2, 0) is 0 Å². The maximum absolute atomic E-state index is 3.77. The van der Waals surface area contributed by atoms with Crippen LogP contribution in [-0.4, -0.2) is 37.6 Å². The third-order valence-corrected chi connectivity index (χ3v) is 3.82. The summed E-state index contributed by atoms with van der Waals surface area (Å²) < 4.78 is 0. The molecule has 0 amide bonds. The van der Waals surface area contributed by atoms with E-state index in [1.165, 1.54) is 58.2 Å². The van der Waals surface area contributed by atoms with E-state index in [0.29, 0.717) is 0 Å². The van der Waals surface area contributed by atoms with Crippen molar-refractivity contribution in [1.82, 2.24) is 10.2 Å². The molecule has 0 aromatic carbocycles. The molecule has 1 N–H and O–H groups in total. The summed E-state index contributed by atoms with van der Waals surface area (Å²) in [7, 11) is 2.25. The standard InChI is InChI=1S/C14H30N2/c1-4-6-9-14(5-2)15-11-13-8-7-10-16(3)12-13/h13-15H,4-12H2,1-3H3. The molecular formula is C14H30N2. The summed E-state index contributed by atoms with van der Waals surface area (Å²) in [4.78, 5) is 2.48. The predicted molar refractivity (Wildman–Crippen MR) is 71.8 cm³/mol. The summed E-state index contributed by atoms with van der Waals surface area (Å²) in [5, 5.41) is 3.77. The van der Waals surface area contributed by atoms with E-state index in [9.17, 15) is 0 Å². The molecule has 0 aromatic heterocycles. The largest absolute Gasteiger partial charge is 0.314 e. The zero-order valence-corrected chi connectivity index (χ0v) is 11.5. The van der Waals surface area contributed by atoms with Gasteiger partial charge in [0.2, 0.25) is 0 Å². The minimum Gasteiger partial charge on any atom is -0.314 e. The van der Waals surface area contributed by atoms with Crippen LogP contribution in [0.2, 0.25) is 0 Å². The number of nitrogens with zero attached hydrogens (tertiary/aromatic N) is 1. The number of hydrogen-bond donors (Lipinski definition) is 1. The Kier molecular flexibility index (Phi) is 7.06. The van der Waals surface area contributed by atoms with Crippen LogP contribution in [0.4, 0.5) is 0 Å². The number of piperidine rings is 1. The Morgan fingerprint density at radius 1 is 1.38 bits per heavy atom. The summed E-state index contributed by atoms with van der Waals surface area (Å²) >= 11 is 0. The Morgan fingerprint density at radius 3 is 2.81 bits per heavy atom. The Balaban J connectivity index is 2.15. The highest BCUT2D eigenvalue weighted by Crippen LogP contribution is 2.14. The third kappa shape index (κ3) is 5.31. The molecule has 2 heteroatoms. The average Bonchev–Trinajstić information content (AvgIpc) is 2.29. The Labute approximate surface area is 102 Å². The molecule has 0 spiro atoms. The molecule has 16 heavy (non-hydrogen) atoms. The highest BCUT2D eigenvalue weighted by Gasteiger charge is 2.17. The number of unbranched alkanes of at least 4 members (excludes halogenated alkanes) is 1. The second kappa shape index (κ2) is 8.08. The van der Waals surface area contributed by atoms with Gasteiger partial charge in [-0.25, -0.2) is 0 Å². The SMILES string of the molecule is CCCCC(CC)NCC1CCCN(C)C1. The second-order valence-corrected chi connectivity index (χ2v) is 5.43. The molecular weight excluding hydrogens is 196 g/mol. The minimum atomic E-state index is 0.757. The molecule has 1 rings (SSSR count). The zero-order chi connectivity index (χ0) is 11.8. The lowest BCUT2D eigenvalue weighted by atomic mass is 9.97. The van der Waals surface area contributed by atoms with Gasteiger partial charge in [0.15, 0.2) is 0 Å². The fourth-order valence-electron chi connectivity index (χ4n) is 2.67. The van der Waals surface area contributed by atoms with Crippen LogP contribution >= 0.6 is 0 Å². The monoisotopic (exact) mass is 226 g/mol. The van der Waals surface area contributed by atoms with Crippen molar-refractivity contribution >= 4 is 0 Å². The quantitative estimate of drug-likeness (QED) is 0.718. The van der Waals surface area contributed by atoms with Crippen molar-refractivity contribution in [2.45, 2.75) is 58.4 Å². The molecule has 1 aliphatic heterocycles. The van der Waals surface area contributed by atoms with Gasteiger partial charge >= 0.3 is 0 Å². The molecule has 1 heterocycles. The van der Waals surface area contributed by atoms with E-state index >= 15 is 0 Å². The molecule has 2 nitrogen and oxygen atoms in total. The van der Waals surface area contributed by atoms with E-state index in [-0.39, 0.29) is 0 Å². The second-order valence-electron chi connectivity index (χ2n) is 5.43. The van der Waals surface area contributed by atoms with Gasteiger partial charge in [-0.2, -0.15) is 0 Å². The lowest BCUT2D eigenvalue weighted by molar-refractivity contribution is 0.201. The molecule has 1 fully saturated rings. The first-order chi connectivity index (χ1) is 7.76. The molecule has 0 saturated carbocycles. The smallest absolute Gasteiger partial charge is 0.00645 e. The van der Waals surface area contributed by atoms with E-state index in [2.05, 4.69) is 31.1 Å². The third-order valence-electron chi connectivity index (χ3n) is 3.82. The van der Waals surface area contributed by atoms with E-state index in [1.807, 2.05) is 0 Å². The molecule has 0 aromatic rings. The number of rotatable bonds is 7. The number of hydrogen-bond acceptors (Lipinski definition) is 2. The fourth-order valence-corrected chi connectivity index (χ4v) is 2.67. The van der Waals surface area contributed by atoms with Gasteiger partial charge in [-0.15, -0.1) is 0 Å². The van der Waals surface area contributed by atoms with Gasteiger partial charge in [-0.05, 0) is 51.7 Å². The van der Waals surface area contributed by atoms with Crippen LogP contribution in [0.3, 0.4) is 0 Å². The number of nitrogens with one attached hydrogen (secondary N) is 1. The fraction of sp³-hybridized carbons (Fsp3) is 1.00. The summed E-state index contributed by atoms with van der Waals surface area (Å²) in [5.74, 6) is 0.884. The topological polar surface area (TPSA) is 15.3 Å². The molecule has 96 valence electrons. The first-order valence-electron chi connectivity index (χ1n) is 7.18. The van der Waals surface area contributed by atoms with Crippen molar-refractivity contribution in [3.63, 3.8) is 0 Å². The molecule has 0 radical (unpaired) electrons. The van der Waals surface area contributed by atoms with Gasteiger partial charge in [-0.1, -0.05) is 26.7 Å². The van der Waals surface area contributed by atoms with Gasteiger partial charge in [0.25, 0.3) is 0 Å². The molecule has 1 aliphatic rings. The van der Waals surface area contributed by atoms with Crippen LogP contribution in [0.5, 0.6) is 0 Å². The molecule has 2 unspecified atom stereocenters. The van der Waals surface area contributed by atoms with E-state index in [0.717, 1.165) is 12.0 Å². The van der Waals surface area contributed by atoms with Crippen molar-refractivity contribution in [2.24, 2.45) is 5.92 Å². The predicted octanol–water partition coefficient (Wildman–Crippen LogP) is 2.89. The maximum atomic E-state index is 3.77. The average molecular weight is 226 g/mol.